The van der Waals surface area contributed by atoms with E-state index in [1.807, 2.05) is 12.3 Å². The fourth-order valence-corrected chi connectivity index (χ4v) is 2.43. The topological polar surface area (TPSA) is 46.5 Å². The number of rotatable bonds is 7. The van der Waals surface area contributed by atoms with Crippen molar-refractivity contribution in [3.05, 3.63) is 23.8 Å². The number of hydrogen-bond acceptors (Lipinski definition) is 3. The van der Waals surface area contributed by atoms with Gasteiger partial charge in [-0.2, -0.15) is 0 Å². The first-order valence-corrected chi connectivity index (χ1v) is 7.35. The van der Waals surface area contributed by atoms with E-state index >= 15 is 0 Å². The summed E-state index contributed by atoms with van der Waals surface area (Å²) in [6.07, 6.45) is 4.07. The molecule has 1 aromatic carbocycles. The minimum Gasteiger partial charge on any atom is -0.492 e. The molecule has 0 aliphatic rings. The Kier molecular flexibility index (Phi) is 6.05. The standard InChI is InChI=1S/C14H20O3S/c1-4-6-10(2)9-17-11-7-5-8-12(18-3)13(11)14(15)16/h5,7-8,10H,4,6,9H2,1-3H3,(H,15,16). The lowest BCUT2D eigenvalue weighted by Crippen LogP contribution is -2.11. The van der Waals surface area contributed by atoms with Gasteiger partial charge in [-0.15, -0.1) is 11.8 Å². The molecule has 0 heterocycles. The number of carboxylic acids is 1. The van der Waals surface area contributed by atoms with Gasteiger partial charge in [-0.3, -0.25) is 0 Å². The molecule has 1 N–H and O–H groups in total. The van der Waals surface area contributed by atoms with Crippen molar-refractivity contribution in [1.29, 1.82) is 0 Å². The van der Waals surface area contributed by atoms with Crippen molar-refractivity contribution >= 4 is 17.7 Å². The Morgan fingerprint density at radius 2 is 2.22 bits per heavy atom. The molecule has 0 aliphatic carbocycles. The van der Waals surface area contributed by atoms with E-state index in [-0.39, 0.29) is 5.56 Å². The minimum atomic E-state index is -0.932. The van der Waals surface area contributed by atoms with E-state index in [1.54, 1.807) is 12.1 Å². The summed E-state index contributed by atoms with van der Waals surface area (Å²) in [6, 6.07) is 5.36. The highest BCUT2D eigenvalue weighted by molar-refractivity contribution is 7.98. The predicted molar refractivity (Wildman–Crippen MR) is 74.7 cm³/mol. The summed E-state index contributed by atoms with van der Waals surface area (Å²) in [5.41, 5.74) is 0.272. The lowest BCUT2D eigenvalue weighted by Gasteiger charge is -2.15. The number of thioether (sulfide) groups is 1. The molecule has 0 bridgehead atoms. The van der Waals surface area contributed by atoms with Crippen LogP contribution < -0.4 is 4.74 Å². The van der Waals surface area contributed by atoms with E-state index in [9.17, 15) is 9.90 Å². The average Bonchev–Trinajstić information content (AvgIpc) is 2.35. The highest BCUT2D eigenvalue weighted by atomic mass is 32.2. The highest BCUT2D eigenvalue weighted by Gasteiger charge is 2.16. The molecule has 4 heteroatoms. The number of benzene rings is 1. The van der Waals surface area contributed by atoms with Crippen LogP contribution in [-0.2, 0) is 0 Å². The normalized spacial score (nSPS) is 12.2. The van der Waals surface area contributed by atoms with Crippen LogP contribution in [0.2, 0.25) is 0 Å². The van der Waals surface area contributed by atoms with Crippen molar-refractivity contribution < 1.29 is 14.6 Å². The summed E-state index contributed by atoms with van der Waals surface area (Å²) < 4.78 is 5.66. The van der Waals surface area contributed by atoms with Crippen molar-refractivity contribution in [3.63, 3.8) is 0 Å². The Hall–Kier alpha value is -1.16. The highest BCUT2D eigenvalue weighted by Crippen LogP contribution is 2.29. The SMILES string of the molecule is CCCC(C)COc1cccc(SC)c1C(=O)O. The third-order valence-electron chi connectivity index (χ3n) is 2.73. The van der Waals surface area contributed by atoms with Crippen LogP contribution in [0, 0.1) is 5.92 Å². The Bertz CT molecular complexity index is 404. The molecule has 0 saturated heterocycles. The molecular formula is C14H20O3S. The quantitative estimate of drug-likeness (QED) is 0.761. The van der Waals surface area contributed by atoms with Crippen molar-refractivity contribution in [2.45, 2.75) is 31.6 Å². The molecule has 1 rings (SSSR count). The summed E-state index contributed by atoms with van der Waals surface area (Å²) in [6.45, 7) is 4.81. The van der Waals surface area contributed by atoms with E-state index in [4.69, 9.17) is 4.74 Å². The van der Waals surface area contributed by atoms with Crippen LogP contribution in [0.5, 0.6) is 5.75 Å². The van der Waals surface area contributed by atoms with Gasteiger partial charge in [-0.1, -0.05) is 26.3 Å². The molecule has 0 saturated carbocycles. The zero-order chi connectivity index (χ0) is 13.5. The number of carboxylic acid groups (broad SMARTS) is 1. The fourth-order valence-electron chi connectivity index (χ4n) is 1.82. The molecule has 0 radical (unpaired) electrons. The largest absolute Gasteiger partial charge is 0.492 e. The summed E-state index contributed by atoms with van der Waals surface area (Å²) in [7, 11) is 0. The van der Waals surface area contributed by atoms with E-state index in [2.05, 4.69) is 13.8 Å². The van der Waals surface area contributed by atoms with Crippen LogP contribution in [0.15, 0.2) is 23.1 Å². The maximum absolute atomic E-state index is 11.3. The third-order valence-corrected chi connectivity index (χ3v) is 3.51. The van der Waals surface area contributed by atoms with Crippen molar-refractivity contribution in [3.8, 4) is 5.75 Å². The number of aromatic carboxylic acids is 1. The van der Waals surface area contributed by atoms with Crippen LogP contribution in [0.3, 0.4) is 0 Å². The lowest BCUT2D eigenvalue weighted by atomic mass is 10.1. The van der Waals surface area contributed by atoms with Crippen LogP contribution in [0.4, 0.5) is 0 Å². The monoisotopic (exact) mass is 268 g/mol. The van der Waals surface area contributed by atoms with Crippen LogP contribution in [0.1, 0.15) is 37.0 Å². The van der Waals surface area contributed by atoms with Gasteiger partial charge >= 0.3 is 5.97 Å². The summed E-state index contributed by atoms with van der Waals surface area (Å²) in [5, 5.41) is 9.25. The molecule has 3 nitrogen and oxygen atoms in total. The van der Waals surface area contributed by atoms with Gasteiger partial charge in [-0.05, 0) is 30.7 Å². The Morgan fingerprint density at radius 1 is 1.50 bits per heavy atom. The Labute approximate surface area is 113 Å². The van der Waals surface area contributed by atoms with Crippen LogP contribution in [-0.4, -0.2) is 23.9 Å². The first-order valence-electron chi connectivity index (χ1n) is 6.13. The smallest absolute Gasteiger partial charge is 0.340 e. The first kappa shape index (κ1) is 14.9. The molecule has 1 unspecified atom stereocenters. The van der Waals surface area contributed by atoms with E-state index in [1.165, 1.54) is 11.8 Å². The van der Waals surface area contributed by atoms with E-state index in [0.29, 0.717) is 18.3 Å². The molecule has 18 heavy (non-hydrogen) atoms. The molecule has 0 aliphatic heterocycles. The average molecular weight is 268 g/mol. The van der Waals surface area contributed by atoms with Crippen LogP contribution in [0.25, 0.3) is 0 Å². The molecule has 100 valence electrons. The number of carbonyl (C=O) groups is 1. The second-order valence-electron chi connectivity index (χ2n) is 4.34. The summed E-state index contributed by atoms with van der Waals surface area (Å²) in [4.78, 5) is 12.0. The molecule has 1 atom stereocenters. The Morgan fingerprint density at radius 3 is 2.78 bits per heavy atom. The fraction of sp³-hybridized carbons (Fsp3) is 0.500. The van der Waals surface area contributed by atoms with Gasteiger partial charge in [0.15, 0.2) is 0 Å². The second kappa shape index (κ2) is 7.31. The van der Waals surface area contributed by atoms with Crippen molar-refractivity contribution in [1.82, 2.24) is 0 Å². The van der Waals surface area contributed by atoms with Gasteiger partial charge in [0.05, 0.1) is 6.61 Å². The zero-order valence-corrected chi connectivity index (χ0v) is 11.9. The maximum Gasteiger partial charge on any atom is 0.340 e. The van der Waals surface area contributed by atoms with E-state index in [0.717, 1.165) is 17.7 Å². The molecular weight excluding hydrogens is 248 g/mol. The van der Waals surface area contributed by atoms with Gasteiger partial charge in [0, 0.05) is 4.90 Å². The Balaban J connectivity index is 2.85. The van der Waals surface area contributed by atoms with Gasteiger partial charge in [-0.25, -0.2) is 4.79 Å². The molecule has 0 aromatic heterocycles. The molecule has 0 fully saturated rings. The summed E-state index contributed by atoms with van der Waals surface area (Å²) >= 11 is 1.42. The lowest BCUT2D eigenvalue weighted by molar-refractivity contribution is 0.0687. The van der Waals surface area contributed by atoms with Crippen molar-refractivity contribution in [2.75, 3.05) is 12.9 Å². The third kappa shape index (κ3) is 3.95. The van der Waals surface area contributed by atoms with Gasteiger partial charge in [0.2, 0.25) is 0 Å². The number of ether oxygens (including phenoxy) is 1. The maximum atomic E-state index is 11.3. The zero-order valence-electron chi connectivity index (χ0n) is 11.1. The molecule has 1 aromatic rings. The van der Waals surface area contributed by atoms with Gasteiger partial charge < -0.3 is 9.84 Å². The number of hydrogen-bond donors (Lipinski definition) is 1. The van der Waals surface area contributed by atoms with Crippen LogP contribution >= 0.6 is 11.8 Å². The summed E-state index contributed by atoms with van der Waals surface area (Å²) in [5.74, 6) is -0.0232. The second-order valence-corrected chi connectivity index (χ2v) is 5.19. The van der Waals surface area contributed by atoms with Gasteiger partial charge in [0.25, 0.3) is 0 Å². The first-order chi connectivity index (χ1) is 8.60. The molecule has 0 spiro atoms. The molecule has 0 amide bonds. The minimum absolute atomic E-state index is 0.272. The predicted octanol–water partition coefficient (Wildman–Crippen LogP) is 3.92. The van der Waals surface area contributed by atoms with E-state index < -0.39 is 5.97 Å². The van der Waals surface area contributed by atoms with Crippen molar-refractivity contribution in [2.24, 2.45) is 5.92 Å². The van der Waals surface area contributed by atoms with Gasteiger partial charge in [0.1, 0.15) is 11.3 Å².